The first-order valence-corrected chi connectivity index (χ1v) is 8.08. The molecule has 4 heterocycles. The number of amides is 1. The topological polar surface area (TPSA) is 94.9 Å². The highest BCUT2D eigenvalue weighted by molar-refractivity contribution is 5.94. The smallest absolute Gasteiger partial charge is 0.276 e. The Kier molecular flexibility index (Phi) is 3.45. The van der Waals surface area contributed by atoms with E-state index in [9.17, 15) is 4.79 Å². The normalized spacial score (nSPS) is 14.8. The van der Waals surface area contributed by atoms with Crippen molar-refractivity contribution in [3.8, 4) is 11.5 Å². The maximum Gasteiger partial charge on any atom is 0.276 e. The van der Waals surface area contributed by atoms with Gasteiger partial charge in [-0.05, 0) is 20.8 Å². The lowest BCUT2D eigenvalue weighted by molar-refractivity contribution is 0.0489. The summed E-state index contributed by atoms with van der Waals surface area (Å²) in [5.74, 6) is 2.41. The number of rotatable bonds is 3. The second-order valence-corrected chi connectivity index (χ2v) is 6.34. The summed E-state index contributed by atoms with van der Waals surface area (Å²) in [4.78, 5) is 23.1. The summed E-state index contributed by atoms with van der Waals surface area (Å²) in [7, 11) is 1.82. The van der Waals surface area contributed by atoms with Gasteiger partial charge < -0.3 is 9.32 Å². The number of aryl methyl sites for hydroxylation is 4. The van der Waals surface area contributed by atoms with E-state index < -0.39 is 0 Å². The largest absolute Gasteiger partial charge is 0.440 e. The third-order valence-corrected chi connectivity index (χ3v) is 4.35. The fourth-order valence-corrected chi connectivity index (χ4v) is 3.06. The van der Waals surface area contributed by atoms with Crippen LogP contribution in [0.15, 0.2) is 16.8 Å². The third-order valence-electron chi connectivity index (χ3n) is 4.35. The van der Waals surface area contributed by atoms with Gasteiger partial charge in [-0.2, -0.15) is 10.2 Å². The molecule has 4 rings (SSSR count). The van der Waals surface area contributed by atoms with E-state index in [1.807, 2.05) is 25.6 Å². The van der Waals surface area contributed by atoms with Crippen molar-refractivity contribution in [2.45, 2.75) is 26.8 Å². The van der Waals surface area contributed by atoms with Gasteiger partial charge in [0.2, 0.25) is 5.89 Å². The maximum atomic E-state index is 12.7. The Labute approximate surface area is 144 Å². The molecule has 25 heavy (non-hydrogen) atoms. The summed E-state index contributed by atoms with van der Waals surface area (Å²) in [6.45, 7) is 6.73. The van der Waals surface area contributed by atoms with Gasteiger partial charge in [0.15, 0.2) is 5.69 Å². The van der Waals surface area contributed by atoms with Crippen LogP contribution in [0.4, 0.5) is 0 Å². The Bertz CT molecular complexity index is 946. The molecule has 0 bridgehead atoms. The Morgan fingerprint density at radius 1 is 1.24 bits per heavy atom. The Hall–Kier alpha value is -2.97. The fraction of sp³-hybridized carbons (Fsp3) is 0.438. The molecule has 3 aromatic rings. The number of hydrogen-bond acceptors (Lipinski definition) is 6. The molecule has 0 aliphatic carbocycles. The molecule has 1 amide bonds. The van der Waals surface area contributed by atoms with Crippen LogP contribution in [-0.4, -0.2) is 53.4 Å². The van der Waals surface area contributed by atoms with Crippen LogP contribution in [0, 0.1) is 20.8 Å². The van der Waals surface area contributed by atoms with Crippen LogP contribution in [0.25, 0.3) is 11.5 Å². The first kappa shape index (κ1) is 15.6. The number of carbonyl (C=O) groups excluding carboxylic acids is 1. The predicted molar refractivity (Wildman–Crippen MR) is 87.9 cm³/mol. The second-order valence-electron chi connectivity index (χ2n) is 6.34. The molecule has 0 radical (unpaired) electrons. The van der Waals surface area contributed by atoms with Crippen LogP contribution in [-0.2, 0) is 7.05 Å². The average Bonchev–Trinajstić information content (AvgIpc) is 3.17. The summed E-state index contributed by atoms with van der Waals surface area (Å²) in [6.07, 6.45) is 3.46. The van der Waals surface area contributed by atoms with Crippen LogP contribution < -0.4 is 0 Å². The van der Waals surface area contributed by atoms with E-state index in [2.05, 4.69) is 20.2 Å². The van der Waals surface area contributed by atoms with Gasteiger partial charge in [-0.15, -0.1) is 0 Å². The number of hydrogen-bond donors (Lipinski definition) is 0. The molecule has 130 valence electrons. The van der Waals surface area contributed by atoms with E-state index in [0.29, 0.717) is 30.4 Å². The fourth-order valence-electron chi connectivity index (χ4n) is 3.06. The predicted octanol–water partition coefficient (Wildman–Crippen LogP) is 1.29. The monoisotopic (exact) mass is 341 g/mol. The molecule has 3 aromatic heterocycles. The zero-order valence-corrected chi connectivity index (χ0v) is 14.6. The standard InChI is InChI=1S/C16H19N7O2/c1-9-14(19-15(25-9)12-5-17-21(4)6-12)16(24)22-7-13(8-22)23-11(3)18-10(2)20-23/h5-6,13H,7-8H2,1-4H3. The second kappa shape index (κ2) is 5.54. The number of nitrogens with zero attached hydrogens (tertiary/aromatic N) is 7. The lowest BCUT2D eigenvalue weighted by Crippen LogP contribution is -2.51. The molecule has 1 saturated heterocycles. The minimum atomic E-state index is -0.123. The van der Waals surface area contributed by atoms with Gasteiger partial charge >= 0.3 is 0 Å². The maximum absolute atomic E-state index is 12.7. The summed E-state index contributed by atoms with van der Waals surface area (Å²) < 4.78 is 9.20. The minimum Gasteiger partial charge on any atom is -0.440 e. The highest BCUT2D eigenvalue weighted by Gasteiger charge is 2.36. The van der Waals surface area contributed by atoms with Crippen molar-refractivity contribution in [3.05, 3.63) is 35.5 Å². The number of likely N-dealkylation sites (tertiary alicyclic amines) is 1. The number of aromatic nitrogens is 6. The molecule has 9 heteroatoms. The summed E-state index contributed by atoms with van der Waals surface area (Å²) in [5.41, 5.74) is 1.10. The minimum absolute atomic E-state index is 0.123. The molecule has 0 atom stereocenters. The number of oxazole rings is 1. The van der Waals surface area contributed by atoms with Gasteiger partial charge in [-0.3, -0.25) is 9.48 Å². The lowest BCUT2D eigenvalue weighted by Gasteiger charge is -2.38. The first-order chi connectivity index (χ1) is 11.9. The van der Waals surface area contributed by atoms with E-state index in [4.69, 9.17) is 4.42 Å². The molecule has 1 aliphatic heterocycles. The Morgan fingerprint density at radius 3 is 2.60 bits per heavy atom. The zero-order valence-electron chi connectivity index (χ0n) is 14.6. The van der Waals surface area contributed by atoms with Crippen molar-refractivity contribution in [1.82, 2.24) is 34.4 Å². The summed E-state index contributed by atoms with van der Waals surface area (Å²) in [5, 5.41) is 8.49. The summed E-state index contributed by atoms with van der Waals surface area (Å²) in [6, 6.07) is 0.162. The highest BCUT2D eigenvalue weighted by Crippen LogP contribution is 2.26. The van der Waals surface area contributed by atoms with Crippen LogP contribution in [0.2, 0.25) is 0 Å². The molecule has 0 spiro atoms. The van der Waals surface area contributed by atoms with Gasteiger partial charge in [-0.25, -0.2) is 14.6 Å². The van der Waals surface area contributed by atoms with Crippen molar-refractivity contribution in [1.29, 1.82) is 0 Å². The molecule has 0 aromatic carbocycles. The van der Waals surface area contributed by atoms with Crippen molar-refractivity contribution in [3.63, 3.8) is 0 Å². The molecule has 0 N–H and O–H groups in total. The SMILES string of the molecule is Cc1nc(C)n(C2CN(C(=O)c3nc(-c4cnn(C)c4)oc3C)C2)n1. The quantitative estimate of drug-likeness (QED) is 0.712. The lowest BCUT2D eigenvalue weighted by atomic mass is 10.1. The number of carbonyl (C=O) groups is 1. The van der Waals surface area contributed by atoms with Gasteiger partial charge in [0.05, 0.1) is 17.8 Å². The molecule has 1 fully saturated rings. The van der Waals surface area contributed by atoms with Gasteiger partial charge in [0, 0.05) is 26.3 Å². The third kappa shape index (κ3) is 2.61. The van der Waals surface area contributed by atoms with Crippen molar-refractivity contribution in [2.24, 2.45) is 7.05 Å². The van der Waals surface area contributed by atoms with Gasteiger partial charge in [-0.1, -0.05) is 0 Å². The van der Waals surface area contributed by atoms with Gasteiger partial charge in [0.1, 0.15) is 17.4 Å². The highest BCUT2D eigenvalue weighted by atomic mass is 16.4. The Balaban J connectivity index is 1.49. The molecule has 0 saturated carbocycles. The molecule has 0 unspecified atom stereocenters. The Morgan fingerprint density at radius 2 is 2.00 bits per heavy atom. The van der Waals surface area contributed by atoms with E-state index in [1.165, 1.54) is 0 Å². The van der Waals surface area contributed by atoms with Crippen molar-refractivity contribution >= 4 is 5.91 Å². The average molecular weight is 341 g/mol. The van der Waals surface area contributed by atoms with Crippen molar-refractivity contribution in [2.75, 3.05) is 13.1 Å². The molecular formula is C16H19N7O2. The van der Waals surface area contributed by atoms with Crippen LogP contribution in [0.5, 0.6) is 0 Å². The first-order valence-electron chi connectivity index (χ1n) is 8.08. The van der Waals surface area contributed by atoms with Crippen LogP contribution >= 0.6 is 0 Å². The van der Waals surface area contributed by atoms with Crippen LogP contribution in [0.1, 0.15) is 33.9 Å². The van der Waals surface area contributed by atoms with E-state index in [-0.39, 0.29) is 11.9 Å². The van der Waals surface area contributed by atoms with E-state index >= 15 is 0 Å². The zero-order chi connectivity index (χ0) is 17.7. The van der Waals surface area contributed by atoms with E-state index in [0.717, 1.165) is 17.2 Å². The summed E-state index contributed by atoms with van der Waals surface area (Å²) >= 11 is 0. The molecular weight excluding hydrogens is 322 g/mol. The van der Waals surface area contributed by atoms with Gasteiger partial charge in [0.25, 0.3) is 5.91 Å². The van der Waals surface area contributed by atoms with Crippen molar-refractivity contribution < 1.29 is 9.21 Å². The molecule has 1 aliphatic rings. The molecule has 9 nitrogen and oxygen atoms in total. The van der Waals surface area contributed by atoms with E-state index in [1.54, 1.807) is 28.9 Å². The van der Waals surface area contributed by atoms with Crippen LogP contribution in [0.3, 0.4) is 0 Å².